The molecule has 0 spiro atoms. The normalized spacial score (nSPS) is 14.8. The number of aromatic nitrogens is 2. The topological polar surface area (TPSA) is 85.8 Å². The van der Waals surface area contributed by atoms with Crippen LogP contribution in [0, 0.1) is 22.7 Å². The van der Waals surface area contributed by atoms with Gasteiger partial charge in [-0.15, -0.1) is 0 Å². The van der Waals surface area contributed by atoms with Crippen molar-refractivity contribution in [1.29, 1.82) is 10.5 Å². The van der Waals surface area contributed by atoms with Crippen LogP contribution in [0.3, 0.4) is 0 Å². The summed E-state index contributed by atoms with van der Waals surface area (Å²) in [6.45, 7) is 3.17. The first-order chi connectivity index (χ1) is 12.8. The van der Waals surface area contributed by atoms with Gasteiger partial charge in [-0.25, -0.2) is 9.97 Å². The lowest BCUT2D eigenvalue weighted by atomic mass is 10.0. The van der Waals surface area contributed by atoms with Crippen LogP contribution in [-0.2, 0) is 4.74 Å². The highest BCUT2D eigenvalue weighted by atomic mass is 16.5. The quantitative estimate of drug-likeness (QED) is 0.530. The zero-order chi connectivity index (χ0) is 17.7. The van der Waals surface area contributed by atoms with Crippen LogP contribution in [0.4, 0.5) is 5.69 Å². The number of benzene rings is 2. The molecule has 1 aliphatic carbocycles. The minimum atomic E-state index is 0.0736. The maximum absolute atomic E-state index is 9.28. The van der Waals surface area contributed by atoms with Crippen LogP contribution >= 0.6 is 0 Å². The van der Waals surface area contributed by atoms with Crippen LogP contribution < -0.4 is 4.90 Å². The van der Waals surface area contributed by atoms with Gasteiger partial charge in [-0.2, -0.15) is 10.5 Å². The van der Waals surface area contributed by atoms with E-state index in [1.54, 1.807) is 0 Å². The second-order valence-corrected chi connectivity index (χ2v) is 6.30. The Bertz CT molecular complexity index is 1100. The Kier molecular flexibility index (Phi) is 3.15. The third-order valence-corrected chi connectivity index (χ3v) is 4.99. The predicted octanol–water partition coefficient (Wildman–Crippen LogP) is 2.86. The van der Waals surface area contributed by atoms with Crippen molar-refractivity contribution in [2.45, 2.75) is 0 Å². The molecule has 0 bridgehead atoms. The Balaban J connectivity index is 1.79. The molecule has 0 amide bonds. The smallest absolute Gasteiger partial charge is 0.177 e. The molecule has 0 radical (unpaired) electrons. The standard InChI is InChI=1S/C20H13N5O/c21-10-15-16(11-22)24-20-14-4-5-17(25-6-8-26-9-7-25)12-2-1-3-13(18(12)14)19(20)23-15/h1-5H,6-9H2. The Morgan fingerprint density at radius 2 is 1.54 bits per heavy atom. The maximum Gasteiger partial charge on any atom is 0.177 e. The highest BCUT2D eigenvalue weighted by Gasteiger charge is 2.28. The van der Waals surface area contributed by atoms with Crippen molar-refractivity contribution in [3.63, 3.8) is 0 Å². The van der Waals surface area contributed by atoms with E-state index in [9.17, 15) is 10.5 Å². The summed E-state index contributed by atoms with van der Waals surface area (Å²) in [6, 6.07) is 14.2. The van der Waals surface area contributed by atoms with Crippen molar-refractivity contribution >= 4 is 16.5 Å². The number of nitrogens with zero attached hydrogens (tertiary/aromatic N) is 5. The molecule has 1 aliphatic heterocycles. The van der Waals surface area contributed by atoms with Gasteiger partial charge in [-0.3, -0.25) is 0 Å². The first-order valence-corrected chi connectivity index (χ1v) is 8.43. The number of rotatable bonds is 1. The van der Waals surface area contributed by atoms with Gasteiger partial charge in [-0.05, 0) is 12.1 Å². The molecule has 124 valence electrons. The first-order valence-electron chi connectivity index (χ1n) is 8.43. The molecule has 2 aliphatic rings. The van der Waals surface area contributed by atoms with Crippen molar-refractivity contribution in [3.05, 3.63) is 41.7 Å². The van der Waals surface area contributed by atoms with Crippen molar-refractivity contribution in [2.24, 2.45) is 0 Å². The highest BCUT2D eigenvalue weighted by molar-refractivity contribution is 6.16. The molecule has 0 saturated carbocycles. The molecule has 2 heterocycles. The minimum absolute atomic E-state index is 0.0736. The summed E-state index contributed by atoms with van der Waals surface area (Å²) in [6.07, 6.45) is 0. The van der Waals surface area contributed by atoms with Gasteiger partial charge in [0.2, 0.25) is 0 Å². The van der Waals surface area contributed by atoms with Crippen LogP contribution in [0.1, 0.15) is 11.4 Å². The van der Waals surface area contributed by atoms with Crippen molar-refractivity contribution < 1.29 is 4.74 Å². The van der Waals surface area contributed by atoms with Gasteiger partial charge >= 0.3 is 0 Å². The van der Waals surface area contributed by atoms with Gasteiger partial charge in [-0.1, -0.05) is 18.2 Å². The Morgan fingerprint density at radius 3 is 2.19 bits per heavy atom. The summed E-state index contributed by atoms with van der Waals surface area (Å²) in [5.74, 6) is 0. The van der Waals surface area contributed by atoms with E-state index in [0.717, 1.165) is 48.2 Å². The third kappa shape index (κ3) is 1.94. The number of fused-ring (bicyclic) bond motifs is 3. The summed E-state index contributed by atoms with van der Waals surface area (Å²) >= 11 is 0. The largest absolute Gasteiger partial charge is 0.378 e. The predicted molar refractivity (Wildman–Crippen MR) is 96.4 cm³/mol. The monoisotopic (exact) mass is 339 g/mol. The summed E-state index contributed by atoms with van der Waals surface area (Å²) in [5.41, 5.74) is 4.62. The van der Waals surface area contributed by atoms with E-state index >= 15 is 0 Å². The highest BCUT2D eigenvalue weighted by Crippen LogP contribution is 2.47. The molecule has 1 fully saturated rings. The van der Waals surface area contributed by atoms with E-state index in [-0.39, 0.29) is 11.4 Å². The number of hydrogen-bond acceptors (Lipinski definition) is 6. The van der Waals surface area contributed by atoms with Crippen molar-refractivity contribution in [2.75, 3.05) is 31.2 Å². The van der Waals surface area contributed by atoms with Gasteiger partial charge in [0.25, 0.3) is 0 Å². The van der Waals surface area contributed by atoms with Crippen LogP contribution in [-0.4, -0.2) is 36.3 Å². The Hall–Kier alpha value is -3.48. The first kappa shape index (κ1) is 14.8. The van der Waals surface area contributed by atoms with E-state index < -0.39 is 0 Å². The number of ether oxygens (including phenoxy) is 1. The van der Waals surface area contributed by atoms with E-state index in [0.29, 0.717) is 11.4 Å². The number of hydrogen-bond donors (Lipinski definition) is 0. The van der Waals surface area contributed by atoms with E-state index in [2.05, 4.69) is 27.0 Å². The summed E-state index contributed by atoms with van der Waals surface area (Å²) in [7, 11) is 0. The van der Waals surface area contributed by atoms with Crippen molar-refractivity contribution in [1.82, 2.24) is 9.97 Å². The lowest BCUT2D eigenvalue weighted by Crippen LogP contribution is -2.36. The fourth-order valence-corrected chi connectivity index (χ4v) is 3.83. The van der Waals surface area contributed by atoms with Gasteiger partial charge < -0.3 is 9.64 Å². The molecule has 5 rings (SSSR count). The second kappa shape index (κ2) is 5.52. The molecular weight excluding hydrogens is 326 g/mol. The number of nitriles is 2. The number of anilines is 1. The van der Waals surface area contributed by atoms with Crippen LogP contribution in [0.25, 0.3) is 33.3 Å². The molecule has 0 unspecified atom stereocenters. The van der Waals surface area contributed by atoms with E-state index in [1.165, 1.54) is 5.69 Å². The summed E-state index contributed by atoms with van der Waals surface area (Å²) < 4.78 is 5.47. The van der Waals surface area contributed by atoms with Crippen molar-refractivity contribution in [3.8, 4) is 34.7 Å². The molecular formula is C20H13N5O. The van der Waals surface area contributed by atoms with Gasteiger partial charge in [0.15, 0.2) is 11.4 Å². The molecule has 26 heavy (non-hydrogen) atoms. The lowest BCUT2D eigenvalue weighted by Gasteiger charge is -2.30. The maximum atomic E-state index is 9.28. The summed E-state index contributed by atoms with van der Waals surface area (Å²) in [5, 5.41) is 20.8. The Labute approximate surface area is 149 Å². The average Bonchev–Trinajstić information content (AvgIpc) is 3.02. The molecule has 1 aromatic heterocycles. The second-order valence-electron chi connectivity index (χ2n) is 6.30. The number of morpholine rings is 1. The molecule has 6 nitrogen and oxygen atoms in total. The SMILES string of the molecule is N#Cc1nc2c(nc1C#N)-c1ccc(N3CCOCC3)c3cccc-2c13. The summed E-state index contributed by atoms with van der Waals surface area (Å²) in [4.78, 5) is 11.2. The van der Waals surface area contributed by atoms with Crippen LogP contribution in [0.15, 0.2) is 30.3 Å². The van der Waals surface area contributed by atoms with E-state index in [1.807, 2.05) is 30.3 Å². The minimum Gasteiger partial charge on any atom is -0.378 e. The molecule has 0 N–H and O–H groups in total. The average molecular weight is 339 g/mol. The van der Waals surface area contributed by atoms with E-state index in [4.69, 9.17) is 4.74 Å². The Morgan fingerprint density at radius 1 is 0.885 bits per heavy atom. The third-order valence-electron chi connectivity index (χ3n) is 4.99. The van der Waals surface area contributed by atoms with Gasteiger partial charge in [0.1, 0.15) is 12.1 Å². The fraction of sp³-hybridized carbons (Fsp3) is 0.200. The molecule has 2 aromatic carbocycles. The zero-order valence-corrected chi connectivity index (χ0v) is 13.9. The molecule has 0 atom stereocenters. The molecule has 3 aromatic rings. The molecule has 6 heteroatoms. The fourth-order valence-electron chi connectivity index (χ4n) is 3.83. The zero-order valence-electron chi connectivity index (χ0n) is 13.9. The lowest BCUT2D eigenvalue weighted by molar-refractivity contribution is 0.123. The van der Waals surface area contributed by atoms with Gasteiger partial charge in [0.05, 0.1) is 24.6 Å². The van der Waals surface area contributed by atoms with Gasteiger partial charge in [0, 0.05) is 40.7 Å². The van der Waals surface area contributed by atoms with Crippen LogP contribution in [0.5, 0.6) is 0 Å². The molecule has 1 saturated heterocycles. The van der Waals surface area contributed by atoms with Crippen LogP contribution in [0.2, 0.25) is 0 Å².